The first kappa shape index (κ1) is 17.1. The van der Waals surface area contributed by atoms with Crippen LogP contribution in [-0.4, -0.2) is 22.4 Å². The fraction of sp³-hybridized carbons (Fsp3) is 0.350. The van der Waals surface area contributed by atoms with Crippen LogP contribution in [0.1, 0.15) is 48.0 Å². The number of anilines is 2. The highest BCUT2D eigenvalue weighted by Crippen LogP contribution is 2.19. The Labute approximate surface area is 148 Å². The molecule has 0 aliphatic heterocycles. The van der Waals surface area contributed by atoms with Crippen molar-refractivity contribution in [2.75, 3.05) is 11.9 Å². The molecule has 2 N–H and O–H groups in total. The predicted octanol–water partition coefficient (Wildman–Crippen LogP) is 4.15. The highest BCUT2D eigenvalue weighted by Gasteiger charge is 2.09. The van der Waals surface area contributed by atoms with Gasteiger partial charge in [0.05, 0.1) is 5.56 Å². The summed E-state index contributed by atoms with van der Waals surface area (Å²) in [6, 6.07) is 7.93. The van der Waals surface area contributed by atoms with Crippen LogP contribution in [0.2, 0.25) is 0 Å². The van der Waals surface area contributed by atoms with Crippen LogP contribution in [0.3, 0.4) is 0 Å². The molecular formula is C20H24N4O. The summed E-state index contributed by atoms with van der Waals surface area (Å²) in [5.41, 5.74) is 4.01. The van der Waals surface area contributed by atoms with Gasteiger partial charge < -0.3 is 10.6 Å². The van der Waals surface area contributed by atoms with Crippen molar-refractivity contribution < 1.29 is 4.79 Å². The van der Waals surface area contributed by atoms with Gasteiger partial charge in [0.25, 0.3) is 5.91 Å². The normalized spacial score (nSPS) is 13.9. The summed E-state index contributed by atoms with van der Waals surface area (Å²) in [6.07, 6.45) is 11.2. The molecule has 0 unspecified atom stereocenters. The lowest BCUT2D eigenvalue weighted by Gasteiger charge is -2.13. The van der Waals surface area contributed by atoms with Crippen molar-refractivity contribution in [2.45, 2.75) is 39.0 Å². The van der Waals surface area contributed by atoms with Crippen LogP contribution in [0.5, 0.6) is 0 Å². The van der Waals surface area contributed by atoms with Crippen LogP contribution in [0, 0.1) is 6.92 Å². The van der Waals surface area contributed by atoms with Gasteiger partial charge >= 0.3 is 0 Å². The van der Waals surface area contributed by atoms with Crippen molar-refractivity contribution >= 4 is 17.5 Å². The quantitative estimate of drug-likeness (QED) is 0.778. The van der Waals surface area contributed by atoms with Crippen LogP contribution in [-0.2, 0) is 0 Å². The van der Waals surface area contributed by atoms with Crippen LogP contribution in [0.15, 0.2) is 48.3 Å². The number of carbonyl (C=O) groups is 1. The van der Waals surface area contributed by atoms with E-state index < -0.39 is 0 Å². The molecule has 3 rings (SSSR count). The number of nitrogens with one attached hydrogen (secondary N) is 2. The van der Waals surface area contributed by atoms with E-state index in [-0.39, 0.29) is 5.91 Å². The van der Waals surface area contributed by atoms with E-state index in [1.54, 1.807) is 12.4 Å². The second-order valence-electron chi connectivity index (χ2n) is 6.35. The third kappa shape index (κ3) is 4.89. The number of aromatic nitrogens is 2. The van der Waals surface area contributed by atoms with Crippen LogP contribution < -0.4 is 10.6 Å². The summed E-state index contributed by atoms with van der Waals surface area (Å²) in [6.45, 7) is 2.68. The molecule has 0 spiro atoms. The zero-order valence-corrected chi connectivity index (χ0v) is 14.6. The molecule has 0 saturated heterocycles. The Balaban J connectivity index is 1.52. The number of carbonyl (C=O) groups excluding carboxylic acids is 1. The van der Waals surface area contributed by atoms with E-state index in [9.17, 15) is 4.79 Å². The second kappa shape index (κ2) is 8.42. The standard InChI is InChI=1S/C20H24N4O/c1-15-7-5-6-10-18(15)24-20-22-13-17(14-23-20)19(25)21-12-11-16-8-3-2-4-9-16/h5-8,10,13-14H,2-4,9,11-12H2,1H3,(H,21,25)(H,22,23,24). The molecule has 1 aromatic carbocycles. The van der Waals surface area contributed by atoms with Gasteiger partial charge in [-0.05, 0) is 50.7 Å². The minimum absolute atomic E-state index is 0.126. The first-order valence-electron chi connectivity index (χ1n) is 8.83. The molecule has 1 amide bonds. The molecule has 0 fully saturated rings. The highest BCUT2D eigenvalue weighted by atomic mass is 16.1. The van der Waals surface area contributed by atoms with E-state index >= 15 is 0 Å². The maximum atomic E-state index is 12.2. The number of amides is 1. The number of hydrogen-bond donors (Lipinski definition) is 2. The summed E-state index contributed by atoms with van der Waals surface area (Å²) < 4.78 is 0. The van der Waals surface area contributed by atoms with Gasteiger partial charge in [-0.25, -0.2) is 9.97 Å². The molecule has 2 aromatic rings. The van der Waals surface area contributed by atoms with Gasteiger partial charge in [-0.3, -0.25) is 4.79 Å². The van der Waals surface area contributed by atoms with Crippen molar-refractivity contribution in [3.8, 4) is 0 Å². The number of allylic oxidation sites excluding steroid dienone is 1. The molecule has 1 aromatic heterocycles. The molecule has 5 heteroatoms. The zero-order chi connectivity index (χ0) is 17.5. The minimum Gasteiger partial charge on any atom is -0.352 e. The molecular weight excluding hydrogens is 312 g/mol. The second-order valence-corrected chi connectivity index (χ2v) is 6.35. The third-order valence-corrected chi connectivity index (χ3v) is 4.42. The molecule has 25 heavy (non-hydrogen) atoms. The summed E-state index contributed by atoms with van der Waals surface area (Å²) in [7, 11) is 0. The fourth-order valence-electron chi connectivity index (χ4n) is 2.91. The molecule has 1 aliphatic carbocycles. The molecule has 1 aliphatic rings. The fourth-order valence-corrected chi connectivity index (χ4v) is 2.91. The average molecular weight is 336 g/mol. The number of benzene rings is 1. The maximum Gasteiger partial charge on any atom is 0.254 e. The Hall–Kier alpha value is -2.69. The highest BCUT2D eigenvalue weighted by molar-refractivity contribution is 5.93. The average Bonchev–Trinajstić information content (AvgIpc) is 2.65. The number of para-hydroxylation sites is 1. The van der Waals surface area contributed by atoms with Crippen LogP contribution in [0.25, 0.3) is 0 Å². The van der Waals surface area contributed by atoms with Gasteiger partial charge in [-0.1, -0.05) is 29.8 Å². The van der Waals surface area contributed by atoms with Crippen molar-refractivity contribution in [1.29, 1.82) is 0 Å². The van der Waals surface area contributed by atoms with Gasteiger partial charge in [-0.2, -0.15) is 0 Å². The van der Waals surface area contributed by atoms with E-state index in [4.69, 9.17) is 0 Å². The lowest BCUT2D eigenvalue weighted by atomic mass is 9.97. The minimum atomic E-state index is -0.126. The van der Waals surface area contributed by atoms with Crippen LogP contribution >= 0.6 is 0 Å². The first-order chi connectivity index (χ1) is 12.2. The lowest BCUT2D eigenvalue weighted by molar-refractivity contribution is 0.0953. The summed E-state index contributed by atoms with van der Waals surface area (Å²) >= 11 is 0. The Bertz CT molecular complexity index is 753. The molecule has 0 radical (unpaired) electrons. The van der Waals surface area contributed by atoms with Crippen molar-refractivity contribution in [3.63, 3.8) is 0 Å². The molecule has 0 bridgehead atoms. The number of nitrogens with zero attached hydrogens (tertiary/aromatic N) is 2. The number of rotatable bonds is 6. The SMILES string of the molecule is Cc1ccccc1Nc1ncc(C(=O)NCCC2=CCCCC2)cn1. The van der Waals surface area contributed by atoms with Crippen molar-refractivity contribution in [1.82, 2.24) is 15.3 Å². The van der Waals surface area contributed by atoms with Gasteiger partial charge in [0.15, 0.2) is 0 Å². The first-order valence-corrected chi connectivity index (χ1v) is 8.83. The summed E-state index contributed by atoms with van der Waals surface area (Å²) in [5, 5.41) is 6.11. The van der Waals surface area contributed by atoms with Crippen molar-refractivity contribution in [2.24, 2.45) is 0 Å². The molecule has 1 heterocycles. The molecule has 0 saturated carbocycles. The zero-order valence-electron chi connectivity index (χ0n) is 14.6. The smallest absolute Gasteiger partial charge is 0.254 e. The predicted molar refractivity (Wildman–Crippen MR) is 100.0 cm³/mol. The van der Waals surface area contributed by atoms with E-state index in [1.165, 1.54) is 24.8 Å². The van der Waals surface area contributed by atoms with E-state index in [0.29, 0.717) is 18.1 Å². The molecule has 0 atom stereocenters. The Morgan fingerprint density at radius 1 is 1.16 bits per heavy atom. The number of aryl methyl sites for hydroxylation is 1. The van der Waals surface area contributed by atoms with Gasteiger partial charge in [0.1, 0.15) is 0 Å². The Morgan fingerprint density at radius 2 is 1.96 bits per heavy atom. The maximum absolute atomic E-state index is 12.2. The van der Waals surface area contributed by atoms with E-state index in [2.05, 4.69) is 26.7 Å². The van der Waals surface area contributed by atoms with E-state index in [1.807, 2.05) is 31.2 Å². The van der Waals surface area contributed by atoms with E-state index in [0.717, 1.165) is 24.1 Å². The largest absolute Gasteiger partial charge is 0.352 e. The third-order valence-electron chi connectivity index (χ3n) is 4.42. The number of hydrogen-bond acceptors (Lipinski definition) is 4. The summed E-state index contributed by atoms with van der Waals surface area (Å²) in [5.74, 6) is 0.358. The Morgan fingerprint density at radius 3 is 2.68 bits per heavy atom. The van der Waals surface area contributed by atoms with Crippen LogP contribution in [0.4, 0.5) is 11.6 Å². The Kier molecular flexibility index (Phi) is 5.77. The van der Waals surface area contributed by atoms with Crippen molar-refractivity contribution in [3.05, 3.63) is 59.4 Å². The summed E-state index contributed by atoms with van der Waals surface area (Å²) in [4.78, 5) is 20.7. The topological polar surface area (TPSA) is 66.9 Å². The van der Waals surface area contributed by atoms with Gasteiger partial charge in [0, 0.05) is 24.6 Å². The van der Waals surface area contributed by atoms with Gasteiger partial charge in [0.2, 0.25) is 5.95 Å². The lowest BCUT2D eigenvalue weighted by Crippen LogP contribution is -2.25. The van der Waals surface area contributed by atoms with Gasteiger partial charge in [-0.15, -0.1) is 0 Å². The molecule has 130 valence electrons. The monoisotopic (exact) mass is 336 g/mol. The molecule has 5 nitrogen and oxygen atoms in total.